The Kier molecular flexibility index (Phi) is 6.15. The van der Waals surface area contributed by atoms with E-state index in [0.717, 1.165) is 12.1 Å². The van der Waals surface area contributed by atoms with Gasteiger partial charge >= 0.3 is 6.18 Å². The van der Waals surface area contributed by atoms with Gasteiger partial charge in [-0.25, -0.2) is 0 Å². The SMILES string of the molecule is CNC(=O)CCN1C(=O)C(C)(C)Oc2cc(C(F)(F)F)c(C(=O)NC(C)C)cc21. The van der Waals surface area contributed by atoms with Crippen molar-refractivity contribution in [1.82, 2.24) is 10.6 Å². The van der Waals surface area contributed by atoms with Crippen molar-refractivity contribution in [2.24, 2.45) is 0 Å². The lowest BCUT2D eigenvalue weighted by Crippen LogP contribution is -2.53. The first-order valence-corrected chi connectivity index (χ1v) is 9.05. The first kappa shape index (κ1) is 22.5. The Labute approximate surface area is 166 Å². The molecule has 0 saturated heterocycles. The maximum atomic E-state index is 13.6. The summed E-state index contributed by atoms with van der Waals surface area (Å²) in [4.78, 5) is 38.0. The van der Waals surface area contributed by atoms with Crippen molar-refractivity contribution in [1.29, 1.82) is 0 Å². The van der Waals surface area contributed by atoms with Crippen LogP contribution in [0.1, 0.15) is 50.0 Å². The standard InChI is InChI=1S/C19H24F3N3O4/c1-10(2)24-16(27)11-8-13-14(9-12(11)19(20,21)22)29-18(3,4)17(28)25(13)7-6-15(26)23-5/h8-10H,6-7H2,1-5H3,(H,23,26)(H,24,27). The monoisotopic (exact) mass is 415 g/mol. The highest BCUT2D eigenvalue weighted by Crippen LogP contribution is 2.43. The molecule has 7 nitrogen and oxygen atoms in total. The van der Waals surface area contributed by atoms with E-state index in [9.17, 15) is 27.6 Å². The lowest BCUT2D eigenvalue weighted by molar-refractivity contribution is -0.138. The van der Waals surface area contributed by atoms with Crippen molar-refractivity contribution in [2.45, 2.75) is 51.9 Å². The van der Waals surface area contributed by atoms with Crippen molar-refractivity contribution in [2.75, 3.05) is 18.5 Å². The Hall–Kier alpha value is -2.78. The number of benzene rings is 1. The van der Waals surface area contributed by atoms with Crippen molar-refractivity contribution in [3.05, 3.63) is 23.3 Å². The van der Waals surface area contributed by atoms with Crippen LogP contribution in [-0.2, 0) is 15.8 Å². The molecule has 0 saturated carbocycles. The number of rotatable bonds is 5. The van der Waals surface area contributed by atoms with E-state index in [-0.39, 0.29) is 36.4 Å². The lowest BCUT2D eigenvalue weighted by Gasteiger charge is -2.39. The van der Waals surface area contributed by atoms with Gasteiger partial charge in [-0.3, -0.25) is 14.4 Å². The molecule has 0 unspecified atom stereocenters. The highest BCUT2D eigenvalue weighted by atomic mass is 19.4. The highest BCUT2D eigenvalue weighted by molar-refractivity contribution is 6.05. The van der Waals surface area contributed by atoms with E-state index in [2.05, 4.69) is 10.6 Å². The number of nitrogens with one attached hydrogen (secondary N) is 2. The molecule has 0 fully saturated rings. The molecule has 3 amide bonds. The fraction of sp³-hybridized carbons (Fsp3) is 0.526. The maximum Gasteiger partial charge on any atom is 0.417 e. The summed E-state index contributed by atoms with van der Waals surface area (Å²) in [5, 5.41) is 4.86. The van der Waals surface area contributed by atoms with Crippen LogP contribution in [0.15, 0.2) is 12.1 Å². The van der Waals surface area contributed by atoms with Gasteiger partial charge in [0.2, 0.25) is 5.91 Å². The molecule has 29 heavy (non-hydrogen) atoms. The van der Waals surface area contributed by atoms with Gasteiger partial charge in [0.25, 0.3) is 11.8 Å². The van der Waals surface area contributed by atoms with Gasteiger partial charge in [0.05, 0.1) is 16.8 Å². The Bertz CT molecular complexity index is 835. The maximum absolute atomic E-state index is 13.6. The molecule has 0 bridgehead atoms. The molecule has 0 radical (unpaired) electrons. The molecule has 0 aromatic heterocycles. The molecular formula is C19H24F3N3O4. The number of alkyl halides is 3. The lowest BCUT2D eigenvalue weighted by atomic mass is 9.98. The van der Waals surface area contributed by atoms with E-state index in [1.165, 1.54) is 25.8 Å². The molecular weight excluding hydrogens is 391 g/mol. The smallest absolute Gasteiger partial charge is 0.417 e. The van der Waals surface area contributed by atoms with Crippen molar-refractivity contribution in [3.63, 3.8) is 0 Å². The third-order valence-corrected chi connectivity index (χ3v) is 4.33. The number of amides is 3. The zero-order chi connectivity index (χ0) is 22.1. The van der Waals surface area contributed by atoms with Gasteiger partial charge < -0.3 is 20.3 Å². The van der Waals surface area contributed by atoms with E-state index in [1.54, 1.807) is 13.8 Å². The van der Waals surface area contributed by atoms with Crippen molar-refractivity contribution < 1.29 is 32.3 Å². The zero-order valence-corrected chi connectivity index (χ0v) is 16.9. The van der Waals surface area contributed by atoms with E-state index in [1.807, 2.05) is 0 Å². The van der Waals surface area contributed by atoms with Gasteiger partial charge in [-0.15, -0.1) is 0 Å². The molecule has 2 N–H and O–H groups in total. The molecule has 2 rings (SSSR count). The van der Waals surface area contributed by atoms with Crippen LogP contribution in [0.4, 0.5) is 18.9 Å². The predicted molar refractivity (Wildman–Crippen MR) is 99.8 cm³/mol. The molecule has 1 aliphatic rings. The minimum atomic E-state index is -4.80. The van der Waals surface area contributed by atoms with Crippen LogP contribution in [0.25, 0.3) is 0 Å². The largest absolute Gasteiger partial charge is 0.476 e. The number of fused-ring (bicyclic) bond motifs is 1. The minimum Gasteiger partial charge on any atom is -0.476 e. The number of hydrogen-bond donors (Lipinski definition) is 2. The molecule has 0 spiro atoms. The van der Waals surface area contributed by atoms with Gasteiger partial charge in [-0.1, -0.05) is 0 Å². The number of carbonyl (C=O) groups excluding carboxylic acids is 3. The fourth-order valence-corrected chi connectivity index (χ4v) is 2.94. The van der Waals surface area contributed by atoms with Gasteiger partial charge in [0.15, 0.2) is 5.60 Å². The van der Waals surface area contributed by atoms with Gasteiger partial charge in [-0.05, 0) is 39.8 Å². The molecule has 0 aliphatic carbocycles. The second-order valence-corrected chi connectivity index (χ2v) is 7.48. The Morgan fingerprint density at radius 2 is 1.86 bits per heavy atom. The fourth-order valence-electron chi connectivity index (χ4n) is 2.94. The van der Waals surface area contributed by atoms with Crippen molar-refractivity contribution >= 4 is 23.4 Å². The van der Waals surface area contributed by atoms with E-state index in [0.29, 0.717) is 0 Å². The van der Waals surface area contributed by atoms with Crippen LogP contribution in [0.5, 0.6) is 5.75 Å². The topological polar surface area (TPSA) is 87.7 Å². The van der Waals surface area contributed by atoms with E-state index >= 15 is 0 Å². The average molecular weight is 415 g/mol. The van der Waals surface area contributed by atoms with Crippen LogP contribution in [0.2, 0.25) is 0 Å². The third kappa shape index (κ3) is 4.80. The molecule has 10 heteroatoms. The van der Waals surface area contributed by atoms with Crippen LogP contribution in [0.3, 0.4) is 0 Å². The highest BCUT2D eigenvalue weighted by Gasteiger charge is 2.44. The van der Waals surface area contributed by atoms with Crippen LogP contribution in [0, 0.1) is 0 Å². The summed E-state index contributed by atoms with van der Waals surface area (Å²) < 4.78 is 46.4. The van der Waals surface area contributed by atoms with E-state index in [4.69, 9.17) is 4.74 Å². The summed E-state index contributed by atoms with van der Waals surface area (Å²) >= 11 is 0. The Morgan fingerprint density at radius 1 is 1.24 bits per heavy atom. The Morgan fingerprint density at radius 3 is 2.38 bits per heavy atom. The van der Waals surface area contributed by atoms with Crippen molar-refractivity contribution in [3.8, 4) is 5.75 Å². The molecule has 1 aliphatic heterocycles. The minimum absolute atomic E-state index is 0.0140. The first-order valence-electron chi connectivity index (χ1n) is 9.05. The molecule has 1 aromatic carbocycles. The second-order valence-electron chi connectivity index (χ2n) is 7.48. The summed E-state index contributed by atoms with van der Waals surface area (Å²) in [5.74, 6) is -1.96. The summed E-state index contributed by atoms with van der Waals surface area (Å²) in [6.07, 6.45) is -4.87. The summed E-state index contributed by atoms with van der Waals surface area (Å²) in [6, 6.07) is 1.33. The second kappa shape index (κ2) is 7.92. The molecule has 1 aromatic rings. The predicted octanol–water partition coefficient (Wildman–Crippen LogP) is 2.48. The van der Waals surface area contributed by atoms with Crippen LogP contribution in [-0.4, -0.2) is 43.0 Å². The summed E-state index contributed by atoms with van der Waals surface area (Å²) in [6.45, 7) is 6.02. The molecule has 160 valence electrons. The molecule has 1 heterocycles. The average Bonchev–Trinajstić information content (AvgIpc) is 2.59. The third-order valence-electron chi connectivity index (χ3n) is 4.33. The summed E-state index contributed by atoms with van der Waals surface area (Å²) in [7, 11) is 1.44. The van der Waals surface area contributed by atoms with Gasteiger partial charge in [0.1, 0.15) is 5.75 Å². The Balaban J connectivity index is 2.63. The number of nitrogens with zero attached hydrogens (tertiary/aromatic N) is 1. The number of hydrogen-bond acceptors (Lipinski definition) is 4. The number of anilines is 1. The quantitative estimate of drug-likeness (QED) is 0.774. The zero-order valence-electron chi connectivity index (χ0n) is 16.9. The number of halogens is 3. The number of carbonyl (C=O) groups is 3. The number of ether oxygens (including phenoxy) is 1. The van der Waals surface area contributed by atoms with Gasteiger partial charge in [0, 0.05) is 26.1 Å². The van der Waals surface area contributed by atoms with E-state index < -0.39 is 34.7 Å². The first-order chi connectivity index (χ1) is 13.3. The van der Waals surface area contributed by atoms with Crippen LogP contribution >= 0.6 is 0 Å². The molecule has 0 atom stereocenters. The van der Waals surface area contributed by atoms with Crippen LogP contribution < -0.4 is 20.3 Å². The normalized spacial score (nSPS) is 15.6. The van der Waals surface area contributed by atoms with Gasteiger partial charge in [-0.2, -0.15) is 13.2 Å². The summed E-state index contributed by atoms with van der Waals surface area (Å²) in [5.41, 5.74) is -3.20.